The van der Waals surface area contributed by atoms with Crippen LogP contribution in [0.2, 0.25) is 0 Å². The molecule has 8 heteroatoms. The third kappa shape index (κ3) is 3.63. The number of rotatable bonds is 5. The summed E-state index contributed by atoms with van der Waals surface area (Å²) in [7, 11) is 0. The molecule has 1 aliphatic carbocycles. The highest BCUT2D eigenvalue weighted by Gasteiger charge is 2.38. The Balaban J connectivity index is 1.36. The lowest BCUT2D eigenvalue weighted by Gasteiger charge is -2.06. The average molecular weight is 355 g/mol. The van der Waals surface area contributed by atoms with E-state index in [9.17, 15) is 9.18 Å². The number of benzene rings is 1. The van der Waals surface area contributed by atoms with Gasteiger partial charge in [-0.3, -0.25) is 10.1 Å². The van der Waals surface area contributed by atoms with Gasteiger partial charge in [-0.1, -0.05) is 23.5 Å². The predicted molar refractivity (Wildman–Crippen MR) is 93.3 cm³/mol. The topological polar surface area (TPSA) is 79.8 Å². The summed E-state index contributed by atoms with van der Waals surface area (Å²) in [5, 5.41) is 13.8. The van der Waals surface area contributed by atoms with E-state index < -0.39 is 0 Å². The van der Waals surface area contributed by atoms with Crippen molar-refractivity contribution in [2.24, 2.45) is 0 Å². The number of anilines is 2. The van der Waals surface area contributed by atoms with Crippen molar-refractivity contribution in [3.05, 3.63) is 65.0 Å². The number of amides is 1. The number of hydrogen-bond donors (Lipinski definition) is 2. The summed E-state index contributed by atoms with van der Waals surface area (Å²) in [5.74, 6) is 0.487. The zero-order chi connectivity index (χ0) is 17.2. The van der Waals surface area contributed by atoms with Gasteiger partial charge in [0.25, 0.3) is 5.91 Å². The van der Waals surface area contributed by atoms with Crippen LogP contribution in [0, 0.1) is 5.82 Å². The number of nitrogens with one attached hydrogen (secondary N) is 2. The predicted octanol–water partition coefficient (Wildman–Crippen LogP) is 3.29. The van der Waals surface area contributed by atoms with Gasteiger partial charge < -0.3 is 5.32 Å². The van der Waals surface area contributed by atoms with E-state index in [1.807, 2.05) is 6.07 Å². The third-order valence-corrected chi connectivity index (χ3v) is 4.61. The van der Waals surface area contributed by atoms with Crippen LogP contribution in [0.3, 0.4) is 0 Å². The molecule has 0 radical (unpaired) electrons. The minimum Gasteiger partial charge on any atom is -0.367 e. The Morgan fingerprint density at radius 2 is 2.20 bits per heavy atom. The van der Waals surface area contributed by atoms with Crippen molar-refractivity contribution in [2.75, 3.05) is 10.6 Å². The Labute approximate surface area is 147 Å². The van der Waals surface area contributed by atoms with Gasteiger partial charge in [-0.05, 0) is 36.2 Å². The molecule has 1 aliphatic rings. The van der Waals surface area contributed by atoms with Crippen LogP contribution in [0.1, 0.15) is 28.3 Å². The molecule has 2 heterocycles. The van der Waals surface area contributed by atoms with Gasteiger partial charge in [0.15, 0.2) is 0 Å². The number of aromatic nitrogens is 3. The van der Waals surface area contributed by atoms with Crippen molar-refractivity contribution >= 4 is 28.2 Å². The van der Waals surface area contributed by atoms with E-state index in [0.717, 1.165) is 12.0 Å². The molecule has 0 aliphatic heterocycles. The second kappa shape index (κ2) is 6.56. The molecule has 3 aromatic rings. The molecule has 1 amide bonds. The highest BCUT2D eigenvalue weighted by atomic mass is 32.1. The number of carbonyl (C=O) groups is 1. The molecule has 0 unspecified atom stereocenters. The molecule has 25 heavy (non-hydrogen) atoms. The monoisotopic (exact) mass is 355 g/mol. The lowest BCUT2D eigenvalue weighted by molar-refractivity contribution is 0.102. The highest BCUT2D eigenvalue weighted by Crippen LogP contribution is 2.42. The summed E-state index contributed by atoms with van der Waals surface area (Å²) in [6.07, 6.45) is 2.45. The van der Waals surface area contributed by atoms with Gasteiger partial charge in [-0.25, -0.2) is 9.37 Å². The maximum atomic E-state index is 13.3. The minimum atomic E-state index is -0.278. The molecule has 0 saturated heterocycles. The van der Waals surface area contributed by atoms with E-state index in [-0.39, 0.29) is 23.7 Å². The van der Waals surface area contributed by atoms with Gasteiger partial charge in [0.05, 0.1) is 5.56 Å². The van der Waals surface area contributed by atoms with E-state index in [4.69, 9.17) is 0 Å². The van der Waals surface area contributed by atoms with Crippen LogP contribution in [0.25, 0.3) is 0 Å². The molecule has 1 fully saturated rings. The number of hydrogen-bond acceptors (Lipinski definition) is 6. The van der Waals surface area contributed by atoms with Gasteiger partial charge in [0.1, 0.15) is 17.1 Å². The molecule has 2 aromatic heterocycles. The molecule has 126 valence electrons. The Morgan fingerprint density at radius 1 is 1.28 bits per heavy atom. The van der Waals surface area contributed by atoms with Gasteiger partial charge >= 0.3 is 0 Å². The molecule has 4 rings (SSSR count). The first kappa shape index (κ1) is 15.6. The maximum Gasteiger partial charge on any atom is 0.259 e. The van der Waals surface area contributed by atoms with Crippen molar-refractivity contribution in [2.45, 2.75) is 18.4 Å². The second-order valence-corrected chi connectivity index (χ2v) is 6.61. The normalized spacial score (nSPS) is 18.6. The molecule has 0 bridgehead atoms. The van der Waals surface area contributed by atoms with Crippen molar-refractivity contribution < 1.29 is 9.18 Å². The summed E-state index contributed by atoms with van der Waals surface area (Å²) in [5.41, 5.74) is 2.98. The van der Waals surface area contributed by atoms with Crippen LogP contribution in [-0.4, -0.2) is 27.1 Å². The van der Waals surface area contributed by atoms with Crippen molar-refractivity contribution in [3.8, 4) is 0 Å². The Kier molecular flexibility index (Phi) is 4.10. The lowest BCUT2D eigenvalue weighted by atomic mass is 10.1. The molecule has 6 nitrogen and oxygen atoms in total. The van der Waals surface area contributed by atoms with Crippen molar-refractivity contribution in [1.82, 2.24) is 15.2 Å². The molecular weight excluding hydrogens is 341 g/mol. The molecule has 1 saturated carbocycles. The Hall–Kier alpha value is -2.87. The molecule has 2 atom stereocenters. The summed E-state index contributed by atoms with van der Waals surface area (Å²) >= 11 is 1.25. The van der Waals surface area contributed by atoms with Gasteiger partial charge in [-0.15, -0.1) is 10.2 Å². The van der Waals surface area contributed by atoms with E-state index in [1.165, 1.54) is 23.6 Å². The fourth-order valence-corrected chi connectivity index (χ4v) is 3.10. The molecular formula is C17H14FN5OS. The molecule has 1 aromatic carbocycles. The van der Waals surface area contributed by atoms with Crippen LogP contribution in [0.4, 0.5) is 15.3 Å². The maximum absolute atomic E-state index is 13.3. The van der Waals surface area contributed by atoms with Crippen LogP contribution in [0.5, 0.6) is 0 Å². The number of halogens is 1. The Morgan fingerprint density at radius 3 is 2.92 bits per heavy atom. The summed E-state index contributed by atoms with van der Waals surface area (Å²) < 4.78 is 13.3. The smallest absolute Gasteiger partial charge is 0.259 e. The summed E-state index contributed by atoms with van der Waals surface area (Å²) in [6, 6.07) is 10.4. The largest absolute Gasteiger partial charge is 0.367 e. The minimum absolute atomic E-state index is 0.216. The summed E-state index contributed by atoms with van der Waals surface area (Å²) in [4.78, 5) is 16.3. The number of carbonyl (C=O) groups excluding carboxylic acids is 1. The fourth-order valence-electron chi connectivity index (χ4n) is 2.66. The number of nitrogens with zero attached hydrogens (tertiary/aromatic N) is 3. The van der Waals surface area contributed by atoms with Crippen LogP contribution in [-0.2, 0) is 0 Å². The second-order valence-electron chi connectivity index (χ2n) is 5.78. The van der Waals surface area contributed by atoms with Gasteiger partial charge in [0.2, 0.25) is 5.13 Å². The van der Waals surface area contributed by atoms with Gasteiger partial charge in [0, 0.05) is 18.2 Å². The standard InChI is InChI=1S/C17H14FN5OS/c18-12-3-1-2-10(6-12)13-7-14(13)21-15-5-4-11(8-19-15)16(24)22-17-23-20-9-25-17/h1-6,8-9,13-14H,7H2,(H,19,21)(H,22,23,24)/t13-,14+/m0/s1. The number of pyridine rings is 1. The fraction of sp³-hybridized carbons (Fsp3) is 0.176. The highest BCUT2D eigenvalue weighted by molar-refractivity contribution is 7.13. The van der Waals surface area contributed by atoms with Crippen LogP contribution >= 0.6 is 11.3 Å². The summed E-state index contributed by atoms with van der Waals surface area (Å²) in [6.45, 7) is 0. The van der Waals surface area contributed by atoms with Crippen molar-refractivity contribution in [1.29, 1.82) is 0 Å². The van der Waals surface area contributed by atoms with E-state index >= 15 is 0 Å². The van der Waals surface area contributed by atoms with E-state index in [1.54, 1.807) is 29.8 Å². The first-order valence-electron chi connectivity index (χ1n) is 7.74. The lowest BCUT2D eigenvalue weighted by Crippen LogP contribution is -2.13. The van der Waals surface area contributed by atoms with Gasteiger partial charge in [-0.2, -0.15) is 0 Å². The molecule has 2 N–H and O–H groups in total. The zero-order valence-electron chi connectivity index (χ0n) is 13.0. The van der Waals surface area contributed by atoms with Crippen LogP contribution in [0.15, 0.2) is 48.1 Å². The average Bonchev–Trinajstić information content (AvgIpc) is 3.19. The molecule has 0 spiro atoms. The first-order chi connectivity index (χ1) is 12.2. The van der Waals surface area contributed by atoms with Crippen LogP contribution < -0.4 is 10.6 Å². The Bertz CT molecular complexity index is 884. The first-order valence-corrected chi connectivity index (χ1v) is 8.62. The van der Waals surface area contributed by atoms with E-state index in [2.05, 4.69) is 25.8 Å². The van der Waals surface area contributed by atoms with Crippen molar-refractivity contribution in [3.63, 3.8) is 0 Å². The SMILES string of the molecule is O=C(Nc1nncs1)c1ccc(N[C@@H]2C[C@H]2c2cccc(F)c2)nc1. The zero-order valence-corrected chi connectivity index (χ0v) is 13.8. The third-order valence-electron chi connectivity index (χ3n) is 4.01. The quantitative estimate of drug-likeness (QED) is 0.734. The van der Waals surface area contributed by atoms with E-state index in [0.29, 0.717) is 16.5 Å².